The molecule has 27 heavy (non-hydrogen) atoms. The maximum atomic E-state index is 12.2. The van der Waals surface area contributed by atoms with E-state index in [0.29, 0.717) is 17.1 Å². The minimum atomic E-state index is -0.919. The Morgan fingerprint density at radius 3 is 2.37 bits per heavy atom. The van der Waals surface area contributed by atoms with E-state index in [-0.39, 0.29) is 13.0 Å². The van der Waals surface area contributed by atoms with Gasteiger partial charge in [0.1, 0.15) is 11.5 Å². The van der Waals surface area contributed by atoms with Crippen LogP contribution >= 0.6 is 0 Å². The molecule has 0 aliphatic carbocycles. The number of hydrogen-bond donors (Lipinski definition) is 1. The Hall–Kier alpha value is -3.03. The summed E-state index contributed by atoms with van der Waals surface area (Å²) in [5.74, 6) is 0.432. The fraction of sp³-hybridized carbons (Fsp3) is 0.421. The molecular weight excluding hydrogens is 350 g/mol. The Bertz CT molecular complexity index is 798. The van der Waals surface area contributed by atoms with Crippen molar-refractivity contribution in [2.75, 3.05) is 19.0 Å². The molecule has 0 spiro atoms. The number of benzene rings is 1. The fourth-order valence-corrected chi connectivity index (χ4v) is 2.41. The first-order valence-electron chi connectivity index (χ1n) is 8.59. The van der Waals surface area contributed by atoms with Crippen LogP contribution in [0.15, 0.2) is 24.3 Å². The summed E-state index contributed by atoms with van der Waals surface area (Å²) in [6, 6.07) is 7.03. The number of hydrogen-bond acceptors (Lipinski definition) is 6. The number of rotatable bonds is 8. The number of esters is 1. The third-order valence-corrected chi connectivity index (χ3v) is 4.07. The lowest BCUT2D eigenvalue weighted by atomic mass is 10.3. The molecule has 1 amide bonds. The van der Waals surface area contributed by atoms with E-state index in [0.717, 1.165) is 11.4 Å². The molecule has 2 rings (SSSR count). The molecule has 0 fully saturated rings. The van der Waals surface area contributed by atoms with Gasteiger partial charge in [-0.15, -0.1) is 0 Å². The predicted octanol–water partition coefficient (Wildman–Crippen LogP) is 2.38. The van der Waals surface area contributed by atoms with E-state index in [2.05, 4.69) is 10.4 Å². The van der Waals surface area contributed by atoms with E-state index in [1.165, 1.54) is 6.92 Å². The summed E-state index contributed by atoms with van der Waals surface area (Å²) in [6.07, 6.45) is -0.883. The highest BCUT2D eigenvalue weighted by atomic mass is 16.5. The smallest absolute Gasteiger partial charge is 0.310 e. The van der Waals surface area contributed by atoms with Gasteiger partial charge in [-0.2, -0.15) is 5.10 Å². The van der Waals surface area contributed by atoms with Crippen LogP contribution in [0.2, 0.25) is 0 Å². The molecule has 0 radical (unpaired) electrons. The average molecular weight is 375 g/mol. The van der Waals surface area contributed by atoms with Gasteiger partial charge in [0.05, 0.1) is 37.2 Å². The molecule has 0 bridgehead atoms. The fourth-order valence-electron chi connectivity index (χ4n) is 2.41. The number of amides is 1. The van der Waals surface area contributed by atoms with Crippen molar-refractivity contribution in [3.63, 3.8) is 0 Å². The molecule has 8 nitrogen and oxygen atoms in total. The summed E-state index contributed by atoms with van der Waals surface area (Å²) in [4.78, 5) is 24.2. The van der Waals surface area contributed by atoms with Gasteiger partial charge in [-0.3, -0.25) is 14.3 Å². The molecule has 1 N–H and O–H groups in total. The number of carbonyl (C=O) groups excluding carboxylic acids is 2. The van der Waals surface area contributed by atoms with Crippen LogP contribution in [-0.4, -0.2) is 41.5 Å². The molecule has 1 aromatic carbocycles. The number of carbonyl (C=O) groups is 2. The second kappa shape index (κ2) is 9.07. The molecular formula is C19H25N3O5. The first-order valence-corrected chi connectivity index (χ1v) is 8.59. The van der Waals surface area contributed by atoms with E-state index in [1.54, 1.807) is 50.0 Å². The molecule has 1 aromatic heterocycles. The zero-order valence-electron chi connectivity index (χ0n) is 16.2. The Kier molecular flexibility index (Phi) is 6.81. The van der Waals surface area contributed by atoms with Crippen molar-refractivity contribution in [2.24, 2.45) is 7.05 Å². The van der Waals surface area contributed by atoms with Crippen LogP contribution < -0.4 is 14.8 Å². The van der Waals surface area contributed by atoms with Crippen LogP contribution in [0.25, 0.3) is 0 Å². The molecule has 2 aromatic rings. The SMILES string of the molecule is COc1ccc(OCCC(=O)OC(C)C(=O)Nc2c(C)nn(C)c2C)cc1. The zero-order chi connectivity index (χ0) is 20.0. The minimum absolute atomic E-state index is 0.0363. The van der Waals surface area contributed by atoms with Gasteiger partial charge in [-0.25, -0.2) is 0 Å². The molecule has 8 heteroatoms. The van der Waals surface area contributed by atoms with Crippen LogP contribution in [0.5, 0.6) is 11.5 Å². The lowest BCUT2D eigenvalue weighted by Gasteiger charge is -2.14. The van der Waals surface area contributed by atoms with Crippen molar-refractivity contribution < 1.29 is 23.8 Å². The Balaban J connectivity index is 1.77. The highest BCUT2D eigenvalue weighted by molar-refractivity contribution is 5.96. The predicted molar refractivity (Wildman–Crippen MR) is 100.0 cm³/mol. The molecule has 0 aliphatic rings. The van der Waals surface area contributed by atoms with E-state index in [1.807, 2.05) is 6.92 Å². The highest BCUT2D eigenvalue weighted by Crippen LogP contribution is 2.19. The van der Waals surface area contributed by atoms with Gasteiger partial charge in [-0.1, -0.05) is 0 Å². The molecule has 0 saturated carbocycles. The lowest BCUT2D eigenvalue weighted by molar-refractivity contribution is -0.153. The number of anilines is 1. The number of nitrogens with one attached hydrogen (secondary N) is 1. The van der Waals surface area contributed by atoms with E-state index in [9.17, 15) is 9.59 Å². The first kappa shape index (κ1) is 20.3. The number of methoxy groups -OCH3 is 1. The van der Waals surface area contributed by atoms with Gasteiger partial charge in [0.2, 0.25) is 0 Å². The largest absolute Gasteiger partial charge is 0.497 e. The summed E-state index contributed by atoms with van der Waals surface area (Å²) >= 11 is 0. The Morgan fingerprint density at radius 1 is 1.19 bits per heavy atom. The van der Waals surface area contributed by atoms with Crippen molar-refractivity contribution in [1.82, 2.24) is 9.78 Å². The van der Waals surface area contributed by atoms with Crippen molar-refractivity contribution in [1.29, 1.82) is 0 Å². The summed E-state index contributed by atoms with van der Waals surface area (Å²) in [7, 11) is 3.38. The minimum Gasteiger partial charge on any atom is -0.497 e. The van der Waals surface area contributed by atoms with E-state index in [4.69, 9.17) is 14.2 Å². The van der Waals surface area contributed by atoms with Gasteiger partial charge < -0.3 is 19.5 Å². The van der Waals surface area contributed by atoms with Crippen LogP contribution in [0.1, 0.15) is 24.7 Å². The van der Waals surface area contributed by atoms with E-state index < -0.39 is 18.0 Å². The van der Waals surface area contributed by atoms with Gasteiger partial charge in [-0.05, 0) is 45.0 Å². The molecule has 146 valence electrons. The number of nitrogens with zero attached hydrogens (tertiary/aromatic N) is 2. The standard InChI is InChI=1S/C19H25N3O5/c1-12-18(13(2)22(4)21-12)20-19(24)14(3)27-17(23)10-11-26-16-8-6-15(25-5)7-9-16/h6-9,14H,10-11H2,1-5H3,(H,20,24). The third-order valence-electron chi connectivity index (χ3n) is 4.07. The van der Waals surface area contributed by atoms with Crippen LogP contribution in [0.4, 0.5) is 5.69 Å². The molecule has 0 aliphatic heterocycles. The maximum absolute atomic E-state index is 12.2. The monoisotopic (exact) mass is 375 g/mol. The van der Waals surface area contributed by atoms with Crippen LogP contribution in [0.3, 0.4) is 0 Å². The normalized spacial score (nSPS) is 11.6. The van der Waals surface area contributed by atoms with E-state index >= 15 is 0 Å². The molecule has 1 unspecified atom stereocenters. The van der Waals surface area contributed by atoms with Gasteiger partial charge in [0.15, 0.2) is 6.10 Å². The molecule has 1 atom stereocenters. The van der Waals surface area contributed by atoms with Crippen molar-refractivity contribution in [3.8, 4) is 11.5 Å². The summed E-state index contributed by atoms with van der Waals surface area (Å²) in [5, 5.41) is 6.99. The van der Waals surface area contributed by atoms with Gasteiger partial charge in [0.25, 0.3) is 5.91 Å². The van der Waals surface area contributed by atoms with Crippen molar-refractivity contribution in [2.45, 2.75) is 33.3 Å². The quantitative estimate of drug-likeness (QED) is 0.713. The summed E-state index contributed by atoms with van der Waals surface area (Å²) < 4.78 is 17.4. The molecule has 0 saturated heterocycles. The van der Waals surface area contributed by atoms with Crippen molar-refractivity contribution in [3.05, 3.63) is 35.7 Å². The topological polar surface area (TPSA) is 91.7 Å². The van der Waals surface area contributed by atoms with Crippen molar-refractivity contribution >= 4 is 17.6 Å². The second-order valence-corrected chi connectivity index (χ2v) is 6.06. The van der Waals surface area contributed by atoms with Gasteiger partial charge in [0, 0.05) is 7.05 Å². The highest BCUT2D eigenvalue weighted by Gasteiger charge is 2.20. The number of aromatic nitrogens is 2. The lowest BCUT2D eigenvalue weighted by Crippen LogP contribution is -2.30. The Morgan fingerprint density at radius 2 is 1.81 bits per heavy atom. The number of aryl methyl sites for hydroxylation is 2. The molecule has 1 heterocycles. The zero-order valence-corrected chi connectivity index (χ0v) is 16.2. The second-order valence-electron chi connectivity index (χ2n) is 6.06. The number of ether oxygens (including phenoxy) is 3. The Labute approximate surface area is 158 Å². The average Bonchev–Trinajstić information content (AvgIpc) is 2.88. The first-order chi connectivity index (χ1) is 12.8. The summed E-state index contributed by atoms with van der Waals surface area (Å²) in [6.45, 7) is 5.33. The third kappa shape index (κ3) is 5.47. The maximum Gasteiger partial charge on any atom is 0.310 e. The van der Waals surface area contributed by atoms with Crippen LogP contribution in [-0.2, 0) is 21.4 Å². The summed E-state index contributed by atoms with van der Waals surface area (Å²) in [5.41, 5.74) is 2.16. The van der Waals surface area contributed by atoms with Crippen LogP contribution in [0, 0.1) is 13.8 Å². The van der Waals surface area contributed by atoms with Gasteiger partial charge >= 0.3 is 5.97 Å².